The molecule has 0 radical (unpaired) electrons. The molecule has 3 aromatic carbocycles. The van der Waals surface area contributed by atoms with Crippen LogP contribution >= 0.6 is 0 Å². The molecule has 0 aliphatic carbocycles. The average Bonchev–Trinajstić information content (AvgIpc) is 3.16. The molecular formula is C22H14F3N3O4. The fraction of sp³-hybridized carbons (Fsp3) is 0.0455. The van der Waals surface area contributed by atoms with Gasteiger partial charge in [0, 0.05) is 5.56 Å². The summed E-state index contributed by atoms with van der Waals surface area (Å²) in [6.07, 6.45) is -4.43. The molecule has 0 saturated carbocycles. The minimum Gasteiger partial charge on any atom is -0.478 e. The van der Waals surface area contributed by atoms with E-state index in [0.717, 1.165) is 12.1 Å². The number of para-hydroxylation sites is 1. The molecule has 0 aliphatic heterocycles. The van der Waals surface area contributed by atoms with Gasteiger partial charge in [-0.05, 0) is 60.7 Å². The summed E-state index contributed by atoms with van der Waals surface area (Å²) in [6, 6.07) is 14.8. The van der Waals surface area contributed by atoms with Crippen LogP contribution in [0.25, 0.3) is 11.0 Å². The van der Waals surface area contributed by atoms with Gasteiger partial charge in [0.2, 0.25) is 5.95 Å². The van der Waals surface area contributed by atoms with Gasteiger partial charge in [-0.15, -0.1) is 0 Å². The van der Waals surface area contributed by atoms with E-state index in [1.165, 1.54) is 42.5 Å². The third-order valence-electron chi connectivity index (χ3n) is 4.51. The first-order chi connectivity index (χ1) is 15.2. The number of hydrogen-bond donors (Lipinski definition) is 3. The zero-order chi connectivity index (χ0) is 22.9. The zero-order valence-electron chi connectivity index (χ0n) is 16.1. The quantitative estimate of drug-likeness (QED) is 0.389. The minimum absolute atomic E-state index is 0.0280. The number of carbonyl (C=O) groups excluding carboxylic acids is 1. The Balaban J connectivity index is 1.45. The smallest absolute Gasteiger partial charge is 0.416 e. The molecule has 4 aromatic rings. The highest BCUT2D eigenvalue weighted by atomic mass is 19.4. The average molecular weight is 441 g/mol. The van der Waals surface area contributed by atoms with Crippen molar-refractivity contribution in [1.29, 1.82) is 0 Å². The van der Waals surface area contributed by atoms with Crippen molar-refractivity contribution in [3.63, 3.8) is 0 Å². The van der Waals surface area contributed by atoms with Gasteiger partial charge in [-0.3, -0.25) is 10.1 Å². The number of carboxylic acids is 1. The molecule has 7 nitrogen and oxygen atoms in total. The Hall–Kier alpha value is -4.34. The van der Waals surface area contributed by atoms with E-state index in [0.29, 0.717) is 11.3 Å². The molecule has 0 fully saturated rings. The number of ether oxygens (including phenoxy) is 1. The Morgan fingerprint density at radius 2 is 1.56 bits per heavy atom. The minimum atomic E-state index is -4.43. The van der Waals surface area contributed by atoms with E-state index in [4.69, 9.17) is 4.74 Å². The standard InChI is InChI=1S/C22H14F3N3O4/c23-22(24,25)13-6-10-15(11-7-13)32-14-8-4-12(5-9-14)19(29)28-21-26-17-3-1-2-16(20(30)31)18(17)27-21/h1-11H,(H,30,31)(H2,26,27,28,29). The maximum atomic E-state index is 12.6. The van der Waals surface area contributed by atoms with Gasteiger partial charge in [0.1, 0.15) is 11.5 Å². The number of anilines is 1. The molecule has 10 heteroatoms. The van der Waals surface area contributed by atoms with E-state index in [1.807, 2.05) is 0 Å². The molecular weight excluding hydrogens is 427 g/mol. The Kier molecular flexibility index (Phi) is 5.27. The van der Waals surface area contributed by atoms with Crippen molar-refractivity contribution in [3.8, 4) is 11.5 Å². The normalized spacial score (nSPS) is 11.3. The second-order valence-corrected chi connectivity index (χ2v) is 6.69. The summed E-state index contributed by atoms with van der Waals surface area (Å²) in [4.78, 5) is 30.7. The molecule has 162 valence electrons. The third-order valence-corrected chi connectivity index (χ3v) is 4.51. The molecule has 0 aliphatic rings. The molecule has 3 N–H and O–H groups in total. The van der Waals surface area contributed by atoms with E-state index in [9.17, 15) is 27.9 Å². The van der Waals surface area contributed by atoms with E-state index in [1.54, 1.807) is 12.1 Å². The van der Waals surface area contributed by atoms with Crippen molar-refractivity contribution < 1.29 is 32.6 Å². The number of carbonyl (C=O) groups is 2. The molecule has 0 saturated heterocycles. The molecule has 1 heterocycles. The number of nitrogens with zero attached hydrogens (tertiary/aromatic N) is 1. The summed E-state index contributed by atoms with van der Waals surface area (Å²) in [6.45, 7) is 0. The number of hydrogen-bond acceptors (Lipinski definition) is 4. The number of aromatic nitrogens is 2. The lowest BCUT2D eigenvalue weighted by Crippen LogP contribution is -2.12. The van der Waals surface area contributed by atoms with Crippen LogP contribution < -0.4 is 10.1 Å². The van der Waals surface area contributed by atoms with E-state index in [-0.39, 0.29) is 28.3 Å². The Morgan fingerprint density at radius 1 is 0.938 bits per heavy atom. The van der Waals surface area contributed by atoms with Crippen molar-refractivity contribution >= 4 is 28.9 Å². The van der Waals surface area contributed by atoms with Crippen molar-refractivity contribution in [2.75, 3.05) is 5.32 Å². The first-order valence-electron chi connectivity index (χ1n) is 9.19. The number of fused-ring (bicyclic) bond motifs is 1. The van der Waals surface area contributed by atoms with Crippen LogP contribution in [0.2, 0.25) is 0 Å². The number of alkyl halides is 3. The van der Waals surface area contributed by atoms with Gasteiger partial charge in [0.25, 0.3) is 5.91 Å². The third kappa shape index (κ3) is 4.38. The molecule has 0 spiro atoms. The van der Waals surface area contributed by atoms with E-state index >= 15 is 0 Å². The molecule has 1 amide bonds. The van der Waals surface area contributed by atoms with Crippen LogP contribution in [-0.4, -0.2) is 27.0 Å². The maximum absolute atomic E-state index is 12.6. The first-order valence-corrected chi connectivity index (χ1v) is 9.19. The number of aromatic carboxylic acids is 1. The lowest BCUT2D eigenvalue weighted by molar-refractivity contribution is -0.137. The highest BCUT2D eigenvalue weighted by Crippen LogP contribution is 2.31. The van der Waals surface area contributed by atoms with Crippen LogP contribution in [0.15, 0.2) is 66.7 Å². The van der Waals surface area contributed by atoms with Gasteiger partial charge in [0.05, 0.1) is 22.2 Å². The fourth-order valence-electron chi connectivity index (χ4n) is 2.97. The Bertz CT molecular complexity index is 1300. The number of benzene rings is 3. The Labute approximate surface area is 178 Å². The van der Waals surface area contributed by atoms with Crippen LogP contribution in [0, 0.1) is 0 Å². The second-order valence-electron chi connectivity index (χ2n) is 6.69. The van der Waals surface area contributed by atoms with Crippen LogP contribution in [-0.2, 0) is 6.18 Å². The van der Waals surface area contributed by atoms with Gasteiger partial charge in [-0.1, -0.05) is 6.07 Å². The van der Waals surface area contributed by atoms with Crippen LogP contribution in [0.3, 0.4) is 0 Å². The van der Waals surface area contributed by atoms with Gasteiger partial charge < -0.3 is 14.8 Å². The van der Waals surface area contributed by atoms with E-state index < -0.39 is 23.6 Å². The van der Waals surface area contributed by atoms with Gasteiger partial charge in [-0.2, -0.15) is 13.2 Å². The summed E-state index contributed by atoms with van der Waals surface area (Å²) in [5.41, 5.74) is 0.193. The Morgan fingerprint density at radius 3 is 2.16 bits per heavy atom. The van der Waals surface area contributed by atoms with E-state index in [2.05, 4.69) is 15.3 Å². The SMILES string of the molecule is O=C(Nc1nc2cccc(C(=O)O)c2[nH]1)c1ccc(Oc2ccc(C(F)(F)F)cc2)cc1. The predicted molar refractivity (Wildman–Crippen MR) is 109 cm³/mol. The highest BCUT2D eigenvalue weighted by molar-refractivity contribution is 6.05. The largest absolute Gasteiger partial charge is 0.478 e. The molecule has 0 bridgehead atoms. The molecule has 0 unspecified atom stereocenters. The summed E-state index contributed by atoms with van der Waals surface area (Å²) < 4.78 is 43.4. The summed E-state index contributed by atoms with van der Waals surface area (Å²) >= 11 is 0. The molecule has 0 atom stereocenters. The molecule has 4 rings (SSSR count). The first kappa shape index (κ1) is 20.9. The predicted octanol–water partition coefficient (Wildman–Crippen LogP) is 5.32. The summed E-state index contributed by atoms with van der Waals surface area (Å²) in [5, 5.41) is 11.8. The van der Waals surface area contributed by atoms with Gasteiger partial charge in [0.15, 0.2) is 0 Å². The van der Waals surface area contributed by atoms with Crippen LogP contribution in [0.5, 0.6) is 11.5 Å². The second kappa shape index (κ2) is 8.06. The lowest BCUT2D eigenvalue weighted by atomic mass is 10.2. The lowest BCUT2D eigenvalue weighted by Gasteiger charge is -2.09. The van der Waals surface area contributed by atoms with Crippen LogP contribution in [0.1, 0.15) is 26.3 Å². The van der Waals surface area contributed by atoms with Crippen molar-refractivity contribution in [2.45, 2.75) is 6.18 Å². The summed E-state index contributed by atoms with van der Waals surface area (Å²) in [5.74, 6) is -0.991. The fourth-order valence-corrected chi connectivity index (χ4v) is 2.97. The van der Waals surface area contributed by atoms with Crippen LogP contribution in [0.4, 0.5) is 19.1 Å². The number of aromatic amines is 1. The number of nitrogens with one attached hydrogen (secondary N) is 2. The van der Waals surface area contributed by atoms with Gasteiger partial charge >= 0.3 is 12.1 Å². The van der Waals surface area contributed by atoms with Crippen molar-refractivity contribution in [1.82, 2.24) is 9.97 Å². The maximum Gasteiger partial charge on any atom is 0.416 e. The highest BCUT2D eigenvalue weighted by Gasteiger charge is 2.30. The zero-order valence-corrected chi connectivity index (χ0v) is 16.1. The molecule has 32 heavy (non-hydrogen) atoms. The number of rotatable bonds is 5. The van der Waals surface area contributed by atoms with Crippen molar-refractivity contribution in [2.24, 2.45) is 0 Å². The van der Waals surface area contributed by atoms with Gasteiger partial charge in [-0.25, -0.2) is 9.78 Å². The molecule has 1 aromatic heterocycles. The number of H-pyrrole nitrogens is 1. The number of imidazole rings is 1. The number of halogens is 3. The van der Waals surface area contributed by atoms with Crippen molar-refractivity contribution in [3.05, 3.63) is 83.4 Å². The summed E-state index contributed by atoms with van der Waals surface area (Å²) in [7, 11) is 0. The number of carboxylic acid groups (broad SMARTS) is 1. The monoisotopic (exact) mass is 441 g/mol. The number of amides is 1. The topological polar surface area (TPSA) is 104 Å².